The summed E-state index contributed by atoms with van der Waals surface area (Å²) in [7, 11) is 1.65. The first-order valence-corrected chi connectivity index (χ1v) is 7.90. The molecule has 0 spiro atoms. The van der Waals surface area contributed by atoms with E-state index in [0.717, 1.165) is 22.7 Å². The molecule has 3 nitrogen and oxygen atoms in total. The first kappa shape index (κ1) is 14.5. The molecule has 110 valence electrons. The zero-order chi connectivity index (χ0) is 15.4. The second kappa shape index (κ2) is 6.54. The highest BCUT2D eigenvalue weighted by atomic mass is 32.1. The maximum atomic E-state index is 12.1. The number of carbonyl (C=O) groups excluding carboxylic acids is 1. The van der Waals surface area contributed by atoms with Gasteiger partial charge >= 0.3 is 0 Å². The third kappa shape index (κ3) is 3.07. The predicted octanol–water partition coefficient (Wildman–Crippen LogP) is 3.76. The van der Waals surface area contributed by atoms with Gasteiger partial charge in [-0.2, -0.15) is 0 Å². The van der Waals surface area contributed by atoms with Crippen LogP contribution in [0.15, 0.2) is 60.7 Å². The van der Waals surface area contributed by atoms with Gasteiger partial charge in [0.2, 0.25) is 0 Å². The molecule has 0 bridgehead atoms. The molecule has 1 heterocycles. The lowest BCUT2D eigenvalue weighted by Crippen LogP contribution is -2.17. The number of amides is 1. The molecule has 3 rings (SSSR count). The zero-order valence-corrected chi connectivity index (χ0v) is 13.1. The van der Waals surface area contributed by atoms with Gasteiger partial charge in [-0.25, -0.2) is 4.98 Å². The fraction of sp³-hybridized carbons (Fsp3) is 0.111. The maximum absolute atomic E-state index is 12.1. The second-order valence-corrected chi connectivity index (χ2v) is 5.98. The van der Waals surface area contributed by atoms with Crippen molar-refractivity contribution in [2.45, 2.75) is 6.42 Å². The smallest absolute Gasteiger partial charge is 0.263 e. The summed E-state index contributed by atoms with van der Waals surface area (Å²) in [4.78, 5) is 17.5. The van der Waals surface area contributed by atoms with Crippen LogP contribution in [0.3, 0.4) is 0 Å². The lowest BCUT2D eigenvalue weighted by molar-refractivity contribution is 0.0967. The molecule has 0 atom stereocenters. The second-order valence-electron chi connectivity index (χ2n) is 4.89. The van der Waals surface area contributed by atoms with Gasteiger partial charge in [0.1, 0.15) is 4.88 Å². The largest absolute Gasteiger partial charge is 0.354 e. The van der Waals surface area contributed by atoms with Crippen LogP contribution >= 0.6 is 11.3 Å². The average Bonchev–Trinajstić information content (AvgIpc) is 3.00. The lowest BCUT2D eigenvalue weighted by Gasteiger charge is -2.00. The summed E-state index contributed by atoms with van der Waals surface area (Å²) in [5.74, 6) is -0.0873. The third-order valence-corrected chi connectivity index (χ3v) is 4.40. The van der Waals surface area contributed by atoms with Crippen LogP contribution in [0, 0.1) is 0 Å². The molecule has 22 heavy (non-hydrogen) atoms. The monoisotopic (exact) mass is 308 g/mol. The standard InChI is InChI=1S/C18H16N2OS/c1-19-18(21)17-16(14-10-6-3-7-11-14)20-15(22-17)12-13-8-4-2-5-9-13/h2-11H,12H2,1H3,(H,19,21). The fourth-order valence-electron chi connectivity index (χ4n) is 2.27. The first-order chi connectivity index (χ1) is 10.8. The molecule has 0 unspecified atom stereocenters. The Morgan fingerprint density at radius 3 is 2.32 bits per heavy atom. The number of nitrogens with one attached hydrogen (secondary N) is 1. The Balaban J connectivity index is 2.00. The van der Waals surface area contributed by atoms with Crippen LogP contribution in [0.5, 0.6) is 0 Å². The molecule has 0 radical (unpaired) electrons. The topological polar surface area (TPSA) is 42.0 Å². The Morgan fingerprint density at radius 1 is 1.05 bits per heavy atom. The van der Waals surface area contributed by atoms with E-state index in [1.165, 1.54) is 16.9 Å². The minimum absolute atomic E-state index is 0.0873. The van der Waals surface area contributed by atoms with E-state index >= 15 is 0 Å². The number of nitrogens with zero attached hydrogens (tertiary/aromatic N) is 1. The van der Waals surface area contributed by atoms with Gasteiger partial charge in [0.05, 0.1) is 10.7 Å². The molecular weight excluding hydrogens is 292 g/mol. The van der Waals surface area contributed by atoms with Gasteiger partial charge in [-0.15, -0.1) is 11.3 Å². The van der Waals surface area contributed by atoms with E-state index in [9.17, 15) is 4.79 Å². The van der Waals surface area contributed by atoms with E-state index < -0.39 is 0 Å². The van der Waals surface area contributed by atoms with Crippen LogP contribution in [0.25, 0.3) is 11.3 Å². The Labute approximate surface area is 133 Å². The predicted molar refractivity (Wildman–Crippen MR) is 90.2 cm³/mol. The van der Waals surface area contributed by atoms with Gasteiger partial charge in [-0.1, -0.05) is 60.7 Å². The summed E-state index contributed by atoms with van der Waals surface area (Å²) >= 11 is 1.46. The minimum atomic E-state index is -0.0873. The van der Waals surface area contributed by atoms with Gasteiger partial charge in [0.15, 0.2) is 0 Å². The van der Waals surface area contributed by atoms with Gasteiger partial charge in [-0.3, -0.25) is 4.79 Å². The number of carbonyl (C=O) groups is 1. The van der Waals surface area contributed by atoms with Crippen molar-refractivity contribution in [2.24, 2.45) is 0 Å². The van der Waals surface area contributed by atoms with E-state index in [0.29, 0.717) is 4.88 Å². The molecule has 1 aromatic heterocycles. The summed E-state index contributed by atoms with van der Waals surface area (Å²) < 4.78 is 0. The summed E-state index contributed by atoms with van der Waals surface area (Å²) in [6, 6.07) is 20.0. The van der Waals surface area contributed by atoms with Crippen molar-refractivity contribution in [3.63, 3.8) is 0 Å². The number of hydrogen-bond donors (Lipinski definition) is 1. The van der Waals surface area contributed by atoms with Crippen LogP contribution in [0.4, 0.5) is 0 Å². The first-order valence-electron chi connectivity index (χ1n) is 7.09. The van der Waals surface area contributed by atoms with E-state index in [-0.39, 0.29) is 5.91 Å². The molecule has 0 saturated carbocycles. The quantitative estimate of drug-likeness (QED) is 0.797. The highest BCUT2D eigenvalue weighted by molar-refractivity contribution is 7.14. The van der Waals surface area contributed by atoms with E-state index in [1.54, 1.807) is 7.05 Å². The van der Waals surface area contributed by atoms with Crippen molar-refractivity contribution in [3.8, 4) is 11.3 Å². The molecule has 2 aromatic carbocycles. The summed E-state index contributed by atoms with van der Waals surface area (Å²) in [5.41, 5.74) is 2.92. The number of rotatable bonds is 4. The van der Waals surface area contributed by atoms with Crippen LogP contribution in [-0.4, -0.2) is 17.9 Å². The lowest BCUT2D eigenvalue weighted by atomic mass is 10.1. The van der Waals surface area contributed by atoms with Crippen molar-refractivity contribution in [1.29, 1.82) is 0 Å². The van der Waals surface area contributed by atoms with Crippen LogP contribution < -0.4 is 5.32 Å². The maximum Gasteiger partial charge on any atom is 0.263 e. The summed E-state index contributed by atoms with van der Waals surface area (Å²) in [6.45, 7) is 0. The van der Waals surface area contributed by atoms with E-state index in [4.69, 9.17) is 4.98 Å². The van der Waals surface area contributed by atoms with Crippen molar-refractivity contribution in [3.05, 3.63) is 76.1 Å². The number of benzene rings is 2. The van der Waals surface area contributed by atoms with Crippen molar-refractivity contribution < 1.29 is 4.79 Å². The molecule has 0 saturated heterocycles. The molecule has 0 fully saturated rings. The minimum Gasteiger partial charge on any atom is -0.354 e. The normalized spacial score (nSPS) is 10.4. The molecule has 3 aromatic rings. The van der Waals surface area contributed by atoms with Crippen molar-refractivity contribution >= 4 is 17.2 Å². The van der Waals surface area contributed by atoms with Gasteiger partial charge in [-0.05, 0) is 5.56 Å². The molecule has 1 N–H and O–H groups in total. The zero-order valence-electron chi connectivity index (χ0n) is 12.2. The van der Waals surface area contributed by atoms with Gasteiger partial charge in [0, 0.05) is 19.0 Å². The van der Waals surface area contributed by atoms with E-state index in [1.807, 2.05) is 48.5 Å². The Hall–Kier alpha value is -2.46. The SMILES string of the molecule is CNC(=O)c1sc(Cc2ccccc2)nc1-c1ccccc1. The number of aromatic nitrogens is 1. The number of hydrogen-bond acceptors (Lipinski definition) is 3. The molecule has 0 aliphatic carbocycles. The molecule has 0 aliphatic rings. The summed E-state index contributed by atoms with van der Waals surface area (Å²) in [5, 5.41) is 3.65. The third-order valence-electron chi connectivity index (χ3n) is 3.35. The Morgan fingerprint density at radius 2 is 1.68 bits per heavy atom. The highest BCUT2D eigenvalue weighted by Crippen LogP contribution is 2.29. The van der Waals surface area contributed by atoms with Crippen LogP contribution in [-0.2, 0) is 6.42 Å². The molecule has 0 aliphatic heterocycles. The van der Waals surface area contributed by atoms with Crippen LogP contribution in [0.2, 0.25) is 0 Å². The molecular formula is C18H16N2OS. The van der Waals surface area contributed by atoms with Crippen LogP contribution in [0.1, 0.15) is 20.2 Å². The van der Waals surface area contributed by atoms with Gasteiger partial charge in [0.25, 0.3) is 5.91 Å². The fourth-order valence-corrected chi connectivity index (χ4v) is 3.34. The van der Waals surface area contributed by atoms with Crippen molar-refractivity contribution in [2.75, 3.05) is 7.05 Å². The van der Waals surface area contributed by atoms with E-state index in [2.05, 4.69) is 17.4 Å². The van der Waals surface area contributed by atoms with Crippen molar-refractivity contribution in [1.82, 2.24) is 10.3 Å². The molecule has 1 amide bonds. The Bertz CT molecular complexity index is 766. The highest BCUT2D eigenvalue weighted by Gasteiger charge is 2.18. The Kier molecular flexibility index (Phi) is 4.30. The van der Waals surface area contributed by atoms with Gasteiger partial charge < -0.3 is 5.32 Å². The summed E-state index contributed by atoms with van der Waals surface area (Å²) in [6.07, 6.45) is 0.738. The molecule has 4 heteroatoms. The average molecular weight is 308 g/mol. The number of thiazole rings is 1.